The number of ether oxygens (including phenoxy) is 13. The summed E-state index contributed by atoms with van der Waals surface area (Å²) in [5.74, 6) is -10.8. The normalized spacial score (nSPS) is 11.6. The van der Waals surface area contributed by atoms with Crippen LogP contribution in [0, 0.1) is 0 Å². The zero-order chi connectivity index (χ0) is 66.2. The summed E-state index contributed by atoms with van der Waals surface area (Å²) in [5, 5.41) is 0. The van der Waals surface area contributed by atoms with E-state index >= 15 is 0 Å². The van der Waals surface area contributed by atoms with Crippen molar-refractivity contribution in [2.75, 3.05) is 177 Å². The molecule has 0 N–H and O–H groups in total. The molecule has 0 spiro atoms. The van der Waals surface area contributed by atoms with Gasteiger partial charge >= 0.3 is 77.6 Å². The number of likely N-dealkylation sites (N-methyl/N-ethyl adjacent to an activating group) is 4. The largest absolute Gasteiger partial charge is 0.462 e. The van der Waals surface area contributed by atoms with Gasteiger partial charge in [0, 0.05) is 6.42 Å². The second-order valence-corrected chi connectivity index (χ2v) is 24.1. The van der Waals surface area contributed by atoms with Crippen molar-refractivity contribution in [1.29, 1.82) is 0 Å². The van der Waals surface area contributed by atoms with Gasteiger partial charge in [-0.25, -0.2) is 0 Å². The van der Waals surface area contributed by atoms with E-state index in [1.165, 1.54) is 0 Å². The van der Waals surface area contributed by atoms with Crippen LogP contribution in [0.5, 0.6) is 0 Å². The van der Waals surface area contributed by atoms with Crippen LogP contribution in [0.2, 0.25) is 0 Å². The number of rotatable bonds is 47. The predicted octanol–water partition coefficient (Wildman–Crippen LogP) is 0.460. The van der Waals surface area contributed by atoms with Crippen LogP contribution >= 0.6 is 0 Å². The summed E-state index contributed by atoms with van der Waals surface area (Å²) in [7, 11) is 22.9. The second-order valence-electron chi connectivity index (χ2n) is 24.1. The molecule has 30 heteroatoms. The Hall–Kier alpha value is -7.05. The molecule has 30 nitrogen and oxygen atoms in total. The molecule has 0 unspecified atom stereocenters. The molecule has 498 valence electrons. The fourth-order valence-corrected chi connectivity index (χ4v) is 6.08. The Morgan fingerprint density at radius 1 is 0.230 bits per heavy atom. The van der Waals surface area contributed by atoms with Crippen molar-refractivity contribution in [3.05, 3.63) is 0 Å². The SMILES string of the molecule is CCCC(=O)OC(COC(=O)CCC(=O)OC(COC(=O)CCC(=O)OCC[N+](C)(C)C)COC(=O)CCC(=O)OCC[N+](C)(C)C)COC(=O)CCC(=O)OC(COC(=O)CCC(=O)OCC[N+](C)(C)C)COC(=O)CCC(=O)OCC[N+](C)(C)C. The quantitative estimate of drug-likeness (QED) is 0.0454. The summed E-state index contributed by atoms with van der Waals surface area (Å²) >= 11 is 0. The van der Waals surface area contributed by atoms with Crippen molar-refractivity contribution in [3.8, 4) is 0 Å². The highest BCUT2D eigenvalue weighted by molar-refractivity contribution is 5.81. The fraction of sp³-hybridized carbons (Fsp3) is 0.772. The lowest BCUT2D eigenvalue weighted by Gasteiger charge is -2.23. The van der Waals surface area contributed by atoms with Crippen molar-refractivity contribution in [1.82, 2.24) is 0 Å². The van der Waals surface area contributed by atoms with Gasteiger partial charge in [-0.2, -0.15) is 0 Å². The number of quaternary nitrogens is 4. The highest BCUT2D eigenvalue weighted by Crippen LogP contribution is 2.11. The van der Waals surface area contributed by atoms with Crippen LogP contribution in [0.4, 0.5) is 0 Å². The Morgan fingerprint density at radius 3 is 0.540 bits per heavy atom. The molecule has 0 radical (unpaired) electrons. The fourth-order valence-electron chi connectivity index (χ4n) is 6.08. The number of hydrogen-bond donors (Lipinski definition) is 0. The van der Waals surface area contributed by atoms with Gasteiger partial charge in [-0.15, -0.1) is 0 Å². The summed E-state index contributed by atoms with van der Waals surface area (Å²) in [4.78, 5) is 163. The van der Waals surface area contributed by atoms with Crippen molar-refractivity contribution < 1.29 is 142 Å². The Bertz CT molecular complexity index is 1970. The third-order valence-electron chi connectivity index (χ3n) is 11.2. The minimum Gasteiger partial charge on any atom is -0.462 e. The van der Waals surface area contributed by atoms with E-state index in [2.05, 4.69) is 0 Å². The molecule has 0 atom stereocenters. The van der Waals surface area contributed by atoms with Crippen LogP contribution in [0.15, 0.2) is 0 Å². The van der Waals surface area contributed by atoms with Gasteiger partial charge in [0.15, 0.2) is 18.3 Å². The van der Waals surface area contributed by atoms with E-state index < -0.39 is 161 Å². The first-order valence-corrected chi connectivity index (χ1v) is 28.8. The molecule has 0 aliphatic carbocycles. The number of nitrogens with zero attached hydrogens (tertiary/aromatic N) is 4. The number of carbonyl (C=O) groups excluding carboxylic acids is 13. The minimum atomic E-state index is -1.40. The van der Waals surface area contributed by atoms with E-state index in [0.717, 1.165) is 0 Å². The Balaban J connectivity index is 5.62. The summed E-state index contributed by atoms with van der Waals surface area (Å²) in [6.07, 6.45) is -9.08. The highest BCUT2D eigenvalue weighted by Gasteiger charge is 2.26. The van der Waals surface area contributed by atoms with Crippen molar-refractivity contribution >= 4 is 77.6 Å². The zero-order valence-electron chi connectivity index (χ0n) is 53.4. The molecule has 0 saturated heterocycles. The first-order chi connectivity index (χ1) is 40.4. The van der Waals surface area contributed by atoms with Crippen molar-refractivity contribution in [3.63, 3.8) is 0 Å². The second kappa shape index (κ2) is 42.7. The van der Waals surface area contributed by atoms with E-state index in [-0.39, 0.29) is 84.2 Å². The molecule has 0 aromatic rings. The smallest absolute Gasteiger partial charge is 0.306 e. The van der Waals surface area contributed by atoms with Crippen LogP contribution in [-0.4, -0.2) is 291 Å². The minimum absolute atomic E-state index is 0.0611. The average Bonchev–Trinajstić information content (AvgIpc) is 3.56. The Kier molecular flexibility index (Phi) is 39.3. The van der Waals surface area contributed by atoms with Crippen molar-refractivity contribution in [2.24, 2.45) is 0 Å². The van der Waals surface area contributed by atoms with Crippen LogP contribution in [0.1, 0.15) is 96.8 Å². The average molecular weight is 1260 g/mol. The van der Waals surface area contributed by atoms with Gasteiger partial charge < -0.3 is 79.5 Å². The first-order valence-electron chi connectivity index (χ1n) is 28.8. The zero-order valence-corrected chi connectivity index (χ0v) is 53.4. The predicted molar refractivity (Wildman–Crippen MR) is 301 cm³/mol. The van der Waals surface area contributed by atoms with Gasteiger partial charge in [0.2, 0.25) is 0 Å². The summed E-state index contributed by atoms with van der Waals surface area (Å²) in [6.45, 7) is 0.434. The molecular weight excluding hydrogens is 1160 g/mol. The van der Waals surface area contributed by atoms with Crippen LogP contribution in [-0.2, 0) is 124 Å². The van der Waals surface area contributed by atoms with Crippen LogP contribution in [0.3, 0.4) is 0 Å². The Labute approximate surface area is 510 Å². The molecular formula is C57H98N4O26+4. The van der Waals surface area contributed by atoms with Gasteiger partial charge in [-0.1, -0.05) is 6.92 Å². The molecule has 0 saturated carbocycles. The van der Waals surface area contributed by atoms with Gasteiger partial charge in [-0.3, -0.25) is 62.3 Å². The molecule has 0 aliphatic rings. The van der Waals surface area contributed by atoms with Crippen molar-refractivity contribution in [2.45, 2.75) is 115 Å². The molecule has 0 amide bonds. The number of carbonyl (C=O) groups is 13. The van der Waals surface area contributed by atoms with Crippen LogP contribution in [0.25, 0.3) is 0 Å². The lowest BCUT2D eigenvalue weighted by molar-refractivity contribution is -0.870. The number of esters is 13. The first kappa shape index (κ1) is 80.0. The number of hydrogen-bond acceptors (Lipinski definition) is 26. The van der Waals surface area contributed by atoms with E-state index in [1.54, 1.807) is 6.92 Å². The summed E-state index contributed by atoms with van der Waals surface area (Å²) in [6, 6.07) is 0. The molecule has 0 fully saturated rings. The molecule has 0 heterocycles. The van der Waals surface area contributed by atoms with Gasteiger partial charge in [-0.05, 0) is 6.42 Å². The molecule has 87 heavy (non-hydrogen) atoms. The van der Waals surface area contributed by atoms with E-state index in [9.17, 15) is 62.3 Å². The molecule has 0 aromatic carbocycles. The van der Waals surface area contributed by atoms with Gasteiger partial charge in [0.05, 0.1) is 162 Å². The molecule has 0 bridgehead atoms. The summed E-state index contributed by atoms with van der Waals surface area (Å²) in [5.41, 5.74) is 0. The standard InChI is InChI=1S/C57H98N4O26/c1-14-15-55(72)85-42(36-83-53(70)24-26-56(73)86-43(38-79-49(66)20-16-45(62)75-32-28-58(2,3)4)39-80-50(67)21-17-46(63)76-33-29-59(5,6)7)37-84-54(71)25-27-57(74)87-44(40-81-51(68)22-18-47(64)77-34-30-60(8,9)10)41-82-52(69)23-19-48(65)78-35-31-61(11,12)13/h42-44H,14-41H2,1-13H3/q+4. The molecule has 0 aromatic heterocycles. The molecule has 0 aliphatic heterocycles. The maximum Gasteiger partial charge on any atom is 0.306 e. The maximum absolute atomic E-state index is 13.0. The lowest BCUT2D eigenvalue weighted by atomic mass is 10.3. The highest BCUT2D eigenvalue weighted by atomic mass is 16.6. The third kappa shape index (κ3) is 50.8. The van der Waals surface area contributed by atoms with E-state index in [4.69, 9.17) is 61.6 Å². The van der Waals surface area contributed by atoms with E-state index in [1.807, 2.05) is 84.6 Å². The van der Waals surface area contributed by atoms with Gasteiger partial charge in [0.25, 0.3) is 0 Å². The van der Waals surface area contributed by atoms with Crippen LogP contribution < -0.4 is 0 Å². The summed E-state index contributed by atoms with van der Waals surface area (Å²) < 4.78 is 69.9. The monoisotopic (exact) mass is 1250 g/mol. The Morgan fingerprint density at radius 2 is 0.379 bits per heavy atom. The van der Waals surface area contributed by atoms with E-state index in [0.29, 0.717) is 50.5 Å². The maximum atomic E-state index is 13.0. The third-order valence-corrected chi connectivity index (χ3v) is 11.2. The van der Waals surface area contributed by atoms with Gasteiger partial charge in [0.1, 0.15) is 92.2 Å². The lowest BCUT2D eigenvalue weighted by Crippen LogP contribution is -2.38. The molecule has 0 rings (SSSR count). The topological polar surface area (TPSA) is 342 Å².